The van der Waals surface area contributed by atoms with E-state index in [9.17, 15) is 0 Å². The summed E-state index contributed by atoms with van der Waals surface area (Å²) in [5.41, 5.74) is 1.42. The van der Waals surface area contributed by atoms with Gasteiger partial charge in [0.2, 0.25) is 0 Å². The first-order valence-corrected chi connectivity index (χ1v) is 8.87. The standard InChI is InChI=1S/C19H29NO3/c1-21-18-7-5-6-17(12-18)19(8-3-2-4-9-19)20-13-16-14-22-10-11-23-15-16/h5-7,12,16,20H,2-4,8-11,13-15H2,1H3. The average molecular weight is 319 g/mol. The molecule has 23 heavy (non-hydrogen) atoms. The maximum Gasteiger partial charge on any atom is 0.119 e. The Morgan fingerprint density at radius 3 is 2.57 bits per heavy atom. The molecule has 2 fully saturated rings. The second-order valence-electron chi connectivity index (χ2n) is 6.77. The molecule has 3 rings (SSSR count). The zero-order valence-corrected chi connectivity index (χ0v) is 14.2. The van der Waals surface area contributed by atoms with Crippen molar-refractivity contribution in [3.8, 4) is 5.75 Å². The Morgan fingerprint density at radius 1 is 1.13 bits per heavy atom. The number of nitrogens with one attached hydrogen (secondary N) is 1. The molecule has 0 bridgehead atoms. The fourth-order valence-electron chi connectivity index (χ4n) is 3.77. The van der Waals surface area contributed by atoms with Crippen LogP contribution in [0.25, 0.3) is 0 Å². The lowest BCUT2D eigenvalue weighted by atomic mass is 9.76. The topological polar surface area (TPSA) is 39.7 Å². The monoisotopic (exact) mass is 319 g/mol. The first-order valence-electron chi connectivity index (χ1n) is 8.87. The van der Waals surface area contributed by atoms with Gasteiger partial charge in [-0.3, -0.25) is 0 Å². The minimum Gasteiger partial charge on any atom is -0.497 e. The van der Waals surface area contributed by atoms with E-state index in [1.807, 2.05) is 6.07 Å². The molecule has 4 heteroatoms. The van der Waals surface area contributed by atoms with E-state index in [2.05, 4.69) is 23.5 Å². The van der Waals surface area contributed by atoms with Crippen LogP contribution in [0.4, 0.5) is 0 Å². The highest BCUT2D eigenvalue weighted by molar-refractivity contribution is 5.34. The van der Waals surface area contributed by atoms with Gasteiger partial charge in [-0.25, -0.2) is 0 Å². The van der Waals surface area contributed by atoms with Gasteiger partial charge in [-0.15, -0.1) is 0 Å². The van der Waals surface area contributed by atoms with Crippen LogP contribution in [-0.4, -0.2) is 40.1 Å². The quantitative estimate of drug-likeness (QED) is 0.905. The highest BCUT2D eigenvalue weighted by atomic mass is 16.5. The van der Waals surface area contributed by atoms with Gasteiger partial charge in [-0.2, -0.15) is 0 Å². The molecule has 0 unspecified atom stereocenters. The Morgan fingerprint density at radius 2 is 1.87 bits per heavy atom. The molecule has 0 radical (unpaired) electrons. The highest BCUT2D eigenvalue weighted by Crippen LogP contribution is 2.38. The van der Waals surface area contributed by atoms with Crippen LogP contribution < -0.4 is 10.1 Å². The molecule has 128 valence electrons. The molecule has 1 heterocycles. The molecule has 1 aliphatic carbocycles. The van der Waals surface area contributed by atoms with E-state index in [-0.39, 0.29) is 5.54 Å². The van der Waals surface area contributed by atoms with Gasteiger partial charge in [-0.1, -0.05) is 31.4 Å². The zero-order valence-electron chi connectivity index (χ0n) is 14.2. The van der Waals surface area contributed by atoms with Crippen LogP contribution in [0.2, 0.25) is 0 Å². The summed E-state index contributed by atoms with van der Waals surface area (Å²) >= 11 is 0. The first-order chi connectivity index (χ1) is 11.3. The lowest BCUT2D eigenvalue weighted by Gasteiger charge is -2.40. The molecular formula is C19H29NO3. The van der Waals surface area contributed by atoms with Crippen molar-refractivity contribution in [2.75, 3.05) is 40.1 Å². The van der Waals surface area contributed by atoms with E-state index in [1.54, 1.807) is 7.11 Å². The van der Waals surface area contributed by atoms with E-state index in [4.69, 9.17) is 14.2 Å². The SMILES string of the molecule is COc1cccc(C2(NCC3COCCOC3)CCCCC2)c1. The van der Waals surface area contributed by atoms with Gasteiger partial charge in [0.05, 0.1) is 33.5 Å². The predicted octanol–water partition coefficient (Wildman–Crippen LogP) is 3.11. The summed E-state index contributed by atoms with van der Waals surface area (Å²) in [7, 11) is 1.74. The number of rotatable bonds is 5. The molecule has 1 aromatic rings. The zero-order chi connectivity index (χ0) is 16.0. The molecule has 1 aliphatic heterocycles. The van der Waals surface area contributed by atoms with E-state index < -0.39 is 0 Å². The van der Waals surface area contributed by atoms with E-state index in [0.717, 1.165) is 38.7 Å². The molecule has 2 aliphatic rings. The molecule has 0 spiro atoms. The molecule has 0 amide bonds. The van der Waals surface area contributed by atoms with Crippen molar-refractivity contribution in [3.63, 3.8) is 0 Å². The summed E-state index contributed by atoms with van der Waals surface area (Å²) in [6, 6.07) is 8.55. The molecule has 1 aromatic carbocycles. The van der Waals surface area contributed by atoms with Crippen LogP contribution in [0.3, 0.4) is 0 Å². The van der Waals surface area contributed by atoms with Crippen LogP contribution in [0, 0.1) is 5.92 Å². The molecule has 1 N–H and O–H groups in total. The summed E-state index contributed by atoms with van der Waals surface area (Å²) in [5.74, 6) is 1.37. The summed E-state index contributed by atoms with van der Waals surface area (Å²) < 4.78 is 16.7. The Bertz CT molecular complexity index is 477. The number of methoxy groups -OCH3 is 1. The predicted molar refractivity (Wildman–Crippen MR) is 90.9 cm³/mol. The Balaban J connectivity index is 1.73. The van der Waals surface area contributed by atoms with Crippen LogP contribution in [-0.2, 0) is 15.0 Å². The van der Waals surface area contributed by atoms with Gasteiger partial charge in [0, 0.05) is 18.0 Å². The van der Waals surface area contributed by atoms with Gasteiger partial charge >= 0.3 is 0 Å². The molecule has 1 saturated carbocycles. The van der Waals surface area contributed by atoms with E-state index in [1.165, 1.54) is 37.7 Å². The number of hydrogen-bond acceptors (Lipinski definition) is 4. The highest BCUT2D eigenvalue weighted by Gasteiger charge is 2.34. The maximum atomic E-state index is 5.64. The van der Waals surface area contributed by atoms with Crippen molar-refractivity contribution in [1.82, 2.24) is 5.32 Å². The summed E-state index contributed by atoms with van der Waals surface area (Å²) in [4.78, 5) is 0. The molecule has 0 aromatic heterocycles. The Labute approximate surface area is 139 Å². The third-order valence-electron chi connectivity index (χ3n) is 5.14. The van der Waals surface area contributed by atoms with Crippen molar-refractivity contribution in [2.24, 2.45) is 5.92 Å². The molecule has 4 nitrogen and oxygen atoms in total. The summed E-state index contributed by atoms with van der Waals surface area (Å²) in [5, 5.41) is 3.88. The molecular weight excluding hydrogens is 290 g/mol. The van der Waals surface area contributed by atoms with Crippen molar-refractivity contribution < 1.29 is 14.2 Å². The van der Waals surface area contributed by atoms with Crippen LogP contribution in [0.1, 0.15) is 37.7 Å². The van der Waals surface area contributed by atoms with Gasteiger partial charge in [0.25, 0.3) is 0 Å². The fourth-order valence-corrected chi connectivity index (χ4v) is 3.77. The second kappa shape index (κ2) is 8.13. The second-order valence-corrected chi connectivity index (χ2v) is 6.77. The summed E-state index contributed by atoms with van der Waals surface area (Å²) in [6.45, 7) is 3.97. The van der Waals surface area contributed by atoms with Crippen molar-refractivity contribution in [3.05, 3.63) is 29.8 Å². The molecule has 0 atom stereocenters. The Kier molecular flexibility index (Phi) is 5.92. The number of hydrogen-bond donors (Lipinski definition) is 1. The van der Waals surface area contributed by atoms with Crippen LogP contribution in [0.15, 0.2) is 24.3 Å². The third kappa shape index (κ3) is 4.25. The maximum absolute atomic E-state index is 5.64. The summed E-state index contributed by atoms with van der Waals surface area (Å²) in [6.07, 6.45) is 6.27. The minimum atomic E-state index is 0.0685. The van der Waals surface area contributed by atoms with Crippen molar-refractivity contribution >= 4 is 0 Å². The van der Waals surface area contributed by atoms with E-state index in [0.29, 0.717) is 5.92 Å². The molecule has 1 saturated heterocycles. The van der Waals surface area contributed by atoms with Gasteiger partial charge in [0.1, 0.15) is 5.75 Å². The number of benzene rings is 1. The van der Waals surface area contributed by atoms with Gasteiger partial charge < -0.3 is 19.5 Å². The smallest absolute Gasteiger partial charge is 0.119 e. The van der Waals surface area contributed by atoms with Crippen molar-refractivity contribution in [1.29, 1.82) is 0 Å². The normalized spacial score (nSPS) is 22.5. The van der Waals surface area contributed by atoms with Gasteiger partial charge in [-0.05, 0) is 30.5 Å². The average Bonchev–Trinajstić information content (AvgIpc) is 2.90. The van der Waals surface area contributed by atoms with E-state index >= 15 is 0 Å². The van der Waals surface area contributed by atoms with Crippen LogP contribution >= 0.6 is 0 Å². The first kappa shape index (κ1) is 16.7. The Hall–Kier alpha value is -1.10. The lowest BCUT2D eigenvalue weighted by Crippen LogP contribution is -2.47. The van der Waals surface area contributed by atoms with Crippen LogP contribution in [0.5, 0.6) is 5.75 Å². The van der Waals surface area contributed by atoms with Gasteiger partial charge in [0.15, 0.2) is 0 Å². The number of ether oxygens (including phenoxy) is 3. The lowest BCUT2D eigenvalue weighted by molar-refractivity contribution is 0.103. The minimum absolute atomic E-state index is 0.0685. The fraction of sp³-hybridized carbons (Fsp3) is 0.684. The third-order valence-corrected chi connectivity index (χ3v) is 5.14. The van der Waals surface area contributed by atoms with Crippen molar-refractivity contribution in [2.45, 2.75) is 37.6 Å². The largest absolute Gasteiger partial charge is 0.497 e.